The number of oxime groups is 1. The minimum Gasteiger partial charge on any atom is -0.494 e. The molecule has 1 fully saturated rings. The van der Waals surface area contributed by atoms with E-state index in [4.69, 9.17) is 14.3 Å². The number of amides is 2. The van der Waals surface area contributed by atoms with Crippen LogP contribution in [-0.4, -0.2) is 47.0 Å². The van der Waals surface area contributed by atoms with E-state index in [0.29, 0.717) is 18.7 Å². The van der Waals surface area contributed by atoms with E-state index in [-0.39, 0.29) is 6.42 Å². The zero-order chi connectivity index (χ0) is 22.7. The highest BCUT2D eigenvalue weighted by Gasteiger charge is 2.52. The molecule has 2 atom stereocenters. The summed E-state index contributed by atoms with van der Waals surface area (Å²) in [7, 11) is 0. The van der Waals surface area contributed by atoms with Gasteiger partial charge in [0, 0.05) is 12.0 Å². The lowest BCUT2D eigenvalue weighted by Crippen LogP contribution is -2.49. The molecule has 2 aromatic carbocycles. The summed E-state index contributed by atoms with van der Waals surface area (Å²) in [6, 6.07) is 16.9. The van der Waals surface area contributed by atoms with Gasteiger partial charge in [-0.25, -0.2) is 9.69 Å². The molecule has 32 heavy (non-hydrogen) atoms. The second-order valence-electron chi connectivity index (χ2n) is 8.60. The Hall–Kier alpha value is -3.35. The molecule has 7 nitrogen and oxygen atoms in total. The van der Waals surface area contributed by atoms with Gasteiger partial charge in [0.25, 0.3) is 5.91 Å². The maximum Gasteiger partial charge on any atom is 0.417 e. The van der Waals surface area contributed by atoms with Gasteiger partial charge in [-0.15, -0.1) is 0 Å². The van der Waals surface area contributed by atoms with Crippen molar-refractivity contribution in [2.75, 3.05) is 6.61 Å². The Morgan fingerprint density at radius 1 is 1.19 bits per heavy atom. The molecule has 0 bridgehead atoms. The van der Waals surface area contributed by atoms with Crippen molar-refractivity contribution in [3.63, 3.8) is 0 Å². The quantitative estimate of drug-likeness (QED) is 0.645. The molecule has 0 aliphatic carbocycles. The third-order valence-electron chi connectivity index (χ3n) is 5.75. The zero-order valence-corrected chi connectivity index (χ0v) is 18.6. The van der Waals surface area contributed by atoms with Crippen LogP contribution < -0.4 is 4.74 Å². The van der Waals surface area contributed by atoms with Crippen molar-refractivity contribution in [1.82, 2.24) is 4.90 Å². The first kappa shape index (κ1) is 21.9. The lowest BCUT2D eigenvalue weighted by molar-refractivity contribution is -0.140. The Morgan fingerprint density at radius 3 is 2.72 bits per heavy atom. The van der Waals surface area contributed by atoms with Crippen molar-refractivity contribution in [3.8, 4) is 5.75 Å². The van der Waals surface area contributed by atoms with Gasteiger partial charge in [-0.05, 0) is 44.4 Å². The lowest BCUT2D eigenvalue weighted by Gasteiger charge is -2.28. The van der Waals surface area contributed by atoms with E-state index in [2.05, 4.69) is 5.16 Å². The number of benzene rings is 2. The molecule has 0 saturated carbocycles. The van der Waals surface area contributed by atoms with Gasteiger partial charge in [-0.2, -0.15) is 0 Å². The van der Waals surface area contributed by atoms with Gasteiger partial charge in [0.15, 0.2) is 0 Å². The number of hydrogen-bond acceptors (Lipinski definition) is 6. The minimum atomic E-state index is -0.870. The predicted octanol–water partition coefficient (Wildman–Crippen LogP) is 4.34. The molecule has 0 spiro atoms. The molecule has 0 unspecified atom stereocenters. The SMILES string of the molecule is CCCOc1cccc(C2=NO[C@H](C(=O)N3C(=O)OC(C)(C)[C@@H]3Cc3ccccc3)C2)c1. The molecule has 0 N–H and O–H groups in total. The first-order valence-electron chi connectivity index (χ1n) is 10.9. The Labute approximate surface area is 187 Å². The summed E-state index contributed by atoms with van der Waals surface area (Å²) >= 11 is 0. The number of nitrogens with zero attached hydrogens (tertiary/aromatic N) is 2. The number of imide groups is 1. The highest BCUT2D eigenvalue weighted by molar-refractivity contribution is 6.06. The van der Waals surface area contributed by atoms with Crippen molar-refractivity contribution in [3.05, 3.63) is 65.7 Å². The van der Waals surface area contributed by atoms with Crippen LogP contribution in [0.3, 0.4) is 0 Å². The summed E-state index contributed by atoms with van der Waals surface area (Å²) in [5, 5.41) is 4.13. The first-order valence-corrected chi connectivity index (χ1v) is 10.9. The molecule has 0 aromatic heterocycles. The van der Waals surface area contributed by atoms with Crippen LogP contribution in [0.5, 0.6) is 5.75 Å². The Kier molecular flexibility index (Phi) is 6.17. The van der Waals surface area contributed by atoms with Gasteiger partial charge in [-0.3, -0.25) is 4.79 Å². The molecule has 7 heteroatoms. The van der Waals surface area contributed by atoms with Gasteiger partial charge < -0.3 is 14.3 Å². The fourth-order valence-corrected chi connectivity index (χ4v) is 4.02. The van der Waals surface area contributed by atoms with Crippen LogP contribution in [0.15, 0.2) is 59.8 Å². The van der Waals surface area contributed by atoms with E-state index in [9.17, 15) is 9.59 Å². The van der Waals surface area contributed by atoms with E-state index in [1.807, 2.05) is 75.4 Å². The average molecular weight is 437 g/mol. The summed E-state index contributed by atoms with van der Waals surface area (Å²) in [6.07, 6.45) is 0.177. The molecule has 0 radical (unpaired) electrons. The lowest BCUT2D eigenvalue weighted by atomic mass is 9.91. The molecular formula is C25H28N2O5. The summed E-state index contributed by atoms with van der Waals surface area (Å²) in [6.45, 7) is 6.32. The largest absolute Gasteiger partial charge is 0.494 e. The normalized spacial score (nSPS) is 21.7. The molecule has 2 amide bonds. The maximum atomic E-state index is 13.3. The first-order chi connectivity index (χ1) is 15.4. The van der Waals surface area contributed by atoms with E-state index in [0.717, 1.165) is 23.3 Å². The number of cyclic esters (lactones) is 1. The van der Waals surface area contributed by atoms with Gasteiger partial charge in [0.2, 0.25) is 6.10 Å². The Balaban J connectivity index is 1.48. The highest BCUT2D eigenvalue weighted by Crippen LogP contribution is 2.34. The third-order valence-corrected chi connectivity index (χ3v) is 5.75. The summed E-state index contributed by atoms with van der Waals surface area (Å²) in [5.41, 5.74) is 1.70. The Bertz CT molecular complexity index is 1020. The predicted molar refractivity (Wildman–Crippen MR) is 120 cm³/mol. The van der Waals surface area contributed by atoms with Crippen LogP contribution >= 0.6 is 0 Å². The fourth-order valence-electron chi connectivity index (χ4n) is 4.02. The zero-order valence-electron chi connectivity index (χ0n) is 18.6. The molecule has 2 aromatic rings. The van der Waals surface area contributed by atoms with Gasteiger partial charge in [-0.1, -0.05) is 54.5 Å². The van der Waals surface area contributed by atoms with Crippen LogP contribution in [0.2, 0.25) is 0 Å². The van der Waals surface area contributed by atoms with Crippen LogP contribution in [-0.2, 0) is 20.8 Å². The van der Waals surface area contributed by atoms with Crippen LogP contribution in [0.4, 0.5) is 4.79 Å². The maximum absolute atomic E-state index is 13.3. The van der Waals surface area contributed by atoms with Crippen molar-refractivity contribution in [2.45, 2.75) is 57.8 Å². The monoisotopic (exact) mass is 436 g/mol. The molecule has 168 valence electrons. The van der Waals surface area contributed by atoms with Gasteiger partial charge >= 0.3 is 6.09 Å². The second kappa shape index (κ2) is 9.02. The molecule has 2 heterocycles. The van der Waals surface area contributed by atoms with Crippen LogP contribution in [0.1, 0.15) is 44.7 Å². The van der Waals surface area contributed by atoms with Crippen molar-refractivity contribution in [2.24, 2.45) is 5.16 Å². The number of rotatable bonds is 7. The van der Waals surface area contributed by atoms with E-state index in [1.54, 1.807) is 0 Å². The van der Waals surface area contributed by atoms with Gasteiger partial charge in [0.05, 0.1) is 18.4 Å². The molecular weight excluding hydrogens is 408 g/mol. The number of carbonyl (C=O) groups excluding carboxylic acids is 2. The van der Waals surface area contributed by atoms with Crippen LogP contribution in [0, 0.1) is 0 Å². The number of ether oxygens (including phenoxy) is 2. The smallest absolute Gasteiger partial charge is 0.417 e. The number of carbonyl (C=O) groups is 2. The minimum absolute atomic E-state index is 0.276. The van der Waals surface area contributed by atoms with E-state index < -0.39 is 29.7 Å². The number of hydrogen-bond donors (Lipinski definition) is 0. The van der Waals surface area contributed by atoms with Crippen molar-refractivity contribution >= 4 is 17.7 Å². The second-order valence-corrected chi connectivity index (χ2v) is 8.60. The third kappa shape index (κ3) is 4.47. The van der Waals surface area contributed by atoms with E-state index in [1.165, 1.54) is 4.90 Å². The average Bonchev–Trinajstić information content (AvgIpc) is 3.36. The molecule has 1 saturated heterocycles. The fraction of sp³-hybridized carbons (Fsp3) is 0.400. The molecule has 4 rings (SSSR count). The Morgan fingerprint density at radius 2 is 1.97 bits per heavy atom. The summed E-state index contributed by atoms with van der Waals surface area (Å²) in [5.74, 6) is 0.313. The van der Waals surface area contributed by atoms with Gasteiger partial charge in [0.1, 0.15) is 11.4 Å². The van der Waals surface area contributed by atoms with E-state index >= 15 is 0 Å². The summed E-state index contributed by atoms with van der Waals surface area (Å²) < 4.78 is 11.2. The molecule has 2 aliphatic heterocycles. The summed E-state index contributed by atoms with van der Waals surface area (Å²) in [4.78, 5) is 32.7. The van der Waals surface area contributed by atoms with Crippen molar-refractivity contribution in [1.29, 1.82) is 0 Å². The standard InChI is InChI=1S/C25H28N2O5/c1-4-13-30-19-12-8-11-18(15-19)20-16-21(32-26-20)23(28)27-22(25(2,3)31-24(27)29)14-17-9-6-5-7-10-17/h5-12,15,21-22H,4,13-14,16H2,1-3H3/t21-,22-/m0/s1. The van der Waals surface area contributed by atoms with Crippen LogP contribution in [0.25, 0.3) is 0 Å². The highest BCUT2D eigenvalue weighted by atomic mass is 16.6. The topological polar surface area (TPSA) is 77.4 Å². The molecule has 2 aliphatic rings. The van der Waals surface area contributed by atoms with Crippen molar-refractivity contribution < 1.29 is 23.9 Å².